The molecular weight excluding hydrogens is 260 g/mol. The Morgan fingerprint density at radius 1 is 1.35 bits per heavy atom. The number of rotatable bonds is 4. The van der Waals surface area contributed by atoms with E-state index in [1.807, 2.05) is 13.0 Å². The molecule has 108 valence electrons. The molecular formula is C15H18O5. The van der Waals surface area contributed by atoms with Crippen molar-refractivity contribution in [1.29, 1.82) is 0 Å². The van der Waals surface area contributed by atoms with Crippen molar-refractivity contribution in [2.24, 2.45) is 0 Å². The molecule has 1 aromatic carbocycles. The molecule has 0 aliphatic carbocycles. The number of aryl methyl sites for hydroxylation is 1. The Morgan fingerprint density at radius 2 is 2.05 bits per heavy atom. The van der Waals surface area contributed by atoms with E-state index in [1.54, 1.807) is 12.1 Å². The summed E-state index contributed by atoms with van der Waals surface area (Å²) in [5.74, 6) is 0.509. The fraction of sp³-hybridized carbons (Fsp3) is 0.400. The first-order valence-corrected chi connectivity index (χ1v) is 6.35. The lowest BCUT2D eigenvalue weighted by molar-refractivity contribution is -0.0662. The Kier molecular flexibility index (Phi) is 3.83. The lowest BCUT2D eigenvalue weighted by atomic mass is 10.0. The normalized spacial score (nSPS) is 13.4. The van der Waals surface area contributed by atoms with Crippen LogP contribution < -0.4 is 10.4 Å². The molecule has 0 aliphatic heterocycles. The zero-order chi connectivity index (χ0) is 14.9. The Balaban J connectivity index is 2.26. The lowest BCUT2D eigenvalue weighted by Gasteiger charge is -2.24. The summed E-state index contributed by atoms with van der Waals surface area (Å²) >= 11 is 0. The maximum Gasteiger partial charge on any atom is 0.336 e. The van der Waals surface area contributed by atoms with E-state index in [0.717, 1.165) is 10.9 Å². The highest BCUT2D eigenvalue weighted by Crippen LogP contribution is 2.25. The average Bonchev–Trinajstić information content (AvgIpc) is 2.35. The molecule has 0 saturated heterocycles. The van der Waals surface area contributed by atoms with Crippen molar-refractivity contribution in [2.75, 3.05) is 6.61 Å². The summed E-state index contributed by atoms with van der Waals surface area (Å²) < 4.78 is 10.6. The summed E-state index contributed by atoms with van der Waals surface area (Å²) in [6, 6.07) is 6.50. The van der Waals surface area contributed by atoms with Crippen LogP contribution in [0.4, 0.5) is 0 Å². The second-order valence-corrected chi connectivity index (χ2v) is 5.39. The Bertz CT molecular complexity index is 666. The van der Waals surface area contributed by atoms with Gasteiger partial charge in [-0.1, -0.05) is 0 Å². The van der Waals surface area contributed by atoms with E-state index in [2.05, 4.69) is 0 Å². The monoisotopic (exact) mass is 278 g/mol. The highest BCUT2D eigenvalue weighted by molar-refractivity contribution is 5.79. The molecule has 2 rings (SSSR count). The van der Waals surface area contributed by atoms with Crippen molar-refractivity contribution in [3.63, 3.8) is 0 Å². The second kappa shape index (κ2) is 5.26. The van der Waals surface area contributed by atoms with Gasteiger partial charge in [0.25, 0.3) is 0 Å². The summed E-state index contributed by atoms with van der Waals surface area (Å²) in [5, 5.41) is 20.2. The molecule has 2 aromatic rings. The van der Waals surface area contributed by atoms with E-state index in [0.29, 0.717) is 11.3 Å². The summed E-state index contributed by atoms with van der Waals surface area (Å²) in [4.78, 5) is 11.2. The van der Waals surface area contributed by atoms with Crippen molar-refractivity contribution in [3.8, 4) is 5.75 Å². The van der Waals surface area contributed by atoms with Crippen LogP contribution in [0.25, 0.3) is 11.0 Å². The van der Waals surface area contributed by atoms with Gasteiger partial charge in [-0.25, -0.2) is 4.79 Å². The third-order valence-corrected chi connectivity index (χ3v) is 3.13. The topological polar surface area (TPSA) is 79.9 Å². The van der Waals surface area contributed by atoms with Crippen molar-refractivity contribution >= 4 is 11.0 Å². The number of hydrogen-bond acceptors (Lipinski definition) is 5. The van der Waals surface area contributed by atoms with E-state index >= 15 is 0 Å². The number of aliphatic hydroxyl groups is 2. The van der Waals surface area contributed by atoms with Crippen LogP contribution in [0, 0.1) is 6.92 Å². The molecule has 5 heteroatoms. The molecule has 0 amide bonds. The van der Waals surface area contributed by atoms with Gasteiger partial charge in [0, 0.05) is 17.5 Å². The van der Waals surface area contributed by atoms with Gasteiger partial charge < -0.3 is 19.4 Å². The van der Waals surface area contributed by atoms with E-state index in [4.69, 9.17) is 9.15 Å². The number of aliphatic hydroxyl groups excluding tert-OH is 1. The maximum atomic E-state index is 11.2. The zero-order valence-electron chi connectivity index (χ0n) is 11.7. The lowest BCUT2D eigenvalue weighted by Crippen LogP contribution is -2.40. The molecule has 2 N–H and O–H groups in total. The molecule has 0 bridgehead atoms. The molecule has 0 aliphatic rings. The molecule has 20 heavy (non-hydrogen) atoms. The minimum atomic E-state index is -1.24. The highest BCUT2D eigenvalue weighted by atomic mass is 16.5. The van der Waals surface area contributed by atoms with Gasteiger partial charge in [0.05, 0.1) is 5.60 Å². The second-order valence-electron chi connectivity index (χ2n) is 5.39. The van der Waals surface area contributed by atoms with Crippen molar-refractivity contribution in [3.05, 3.63) is 40.2 Å². The fourth-order valence-corrected chi connectivity index (χ4v) is 1.74. The first kappa shape index (κ1) is 14.6. The van der Waals surface area contributed by atoms with Gasteiger partial charge in [-0.05, 0) is 38.5 Å². The van der Waals surface area contributed by atoms with Crippen LogP contribution in [0.1, 0.15) is 19.4 Å². The first-order valence-electron chi connectivity index (χ1n) is 6.35. The van der Waals surface area contributed by atoms with Gasteiger partial charge in [-0.2, -0.15) is 0 Å². The Labute approximate surface area is 116 Å². The maximum absolute atomic E-state index is 11.2. The van der Waals surface area contributed by atoms with E-state index in [9.17, 15) is 15.0 Å². The SMILES string of the molecule is Cc1cc2ccc(=O)oc2cc1OC[C@H](O)C(C)(C)O. The van der Waals surface area contributed by atoms with Crippen LogP contribution in [0.2, 0.25) is 0 Å². The van der Waals surface area contributed by atoms with Gasteiger partial charge in [0.1, 0.15) is 24.0 Å². The fourth-order valence-electron chi connectivity index (χ4n) is 1.74. The van der Waals surface area contributed by atoms with E-state index in [1.165, 1.54) is 19.9 Å². The first-order chi connectivity index (χ1) is 9.27. The molecule has 0 spiro atoms. The van der Waals surface area contributed by atoms with Gasteiger partial charge in [-0.15, -0.1) is 0 Å². The molecule has 0 unspecified atom stereocenters. The van der Waals surface area contributed by atoms with Crippen LogP contribution in [-0.4, -0.2) is 28.5 Å². The van der Waals surface area contributed by atoms with Gasteiger partial charge in [0.15, 0.2) is 0 Å². The summed E-state index contributed by atoms with van der Waals surface area (Å²) in [7, 11) is 0. The largest absolute Gasteiger partial charge is 0.490 e. The van der Waals surface area contributed by atoms with Crippen LogP contribution in [0.3, 0.4) is 0 Å². The Hall–Kier alpha value is -1.85. The van der Waals surface area contributed by atoms with Crippen LogP contribution >= 0.6 is 0 Å². The van der Waals surface area contributed by atoms with Crippen LogP contribution in [0.5, 0.6) is 5.75 Å². The van der Waals surface area contributed by atoms with Gasteiger partial charge in [-0.3, -0.25) is 0 Å². The molecule has 5 nitrogen and oxygen atoms in total. The Morgan fingerprint density at radius 3 is 2.70 bits per heavy atom. The molecule has 1 heterocycles. The molecule has 0 fully saturated rings. The molecule has 0 radical (unpaired) electrons. The van der Waals surface area contributed by atoms with Crippen molar-refractivity contribution in [1.82, 2.24) is 0 Å². The van der Waals surface area contributed by atoms with Crippen molar-refractivity contribution < 1.29 is 19.4 Å². The third kappa shape index (κ3) is 3.18. The predicted octanol–water partition coefficient (Wildman–Crippen LogP) is 1.61. The average molecular weight is 278 g/mol. The van der Waals surface area contributed by atoms with Gasteiger partial charge >= 0.3 is 5.63 Å². The minimum absolute atomic E-state index is 0.0487. The summed E-state index contributed by atoms with van der Waals surface area (Å²) in [6.07, 6.45) is -1.01. The highest BCUT2D eigenvalue weighted by Gasteiger charge is 2.25. The minimum Gasteiger partial charge on any atom is -0.490 e. The smallest absolute Gasteiger partial charge is 0.336 e. The number of benzene rings is 1. The van der Waals surface area contributed by atoms with Gasteiger partial charge in [0.2, 0.25) is 0 Å². The predicted molar refractivity (Wildman–Crippen MR) is 75.0 cm³/mol. The quantitative estimate of drug-likeness (QED) is 0.831. The van der Waals surface area contributed by atoms with E-state index < -0.39 is 17.3 Å². The van der Waals surface area contributed by atoms with Crippen LogP contribution in [-0.2, 0) is 0 Å². The molecule has 0 saturated carbocycles. The van der Waals surface area contributed by atoms with Crippen molar-refractivity contribution in [2.45, 2.75) is 32.5 Å². The number of hydrogen-bond donors (Lipinski definition) is 2. The molecule has 1 aromatic heterocycles. The number of fused-ring (bicyclic) bond motifs is 1. The zero-order valence-corrected chi connectivity index (χ0v) is 11.7. The number of ether oxygens (including phenoxy) is 1. The summed E-state index contributed by atoms with van der Waals surface area (Å²) in [5.41, 5.74) is -0.383. The standard InChI is InChI=1S/C15H18O5/c1-9-6-10-4-5-14(17)20-12(10)7-11(9)19-8-13(16)15(2,3)18/h4-7,13,16,18H,8H2,1-3H3/t13-/m0/s1. The van der Waals surface area contributed by atoms with Crippen LogP contribution in [0.15, 0.2) is 33.5 Å². The molecule has 1 atom stereocenters. The summed E-state index contributed by atoms with van der Waals surface area (Å²) in [6.45, 7) is 4.82. The third-order valence-electron chi connectivity index (χ3n) is 3.13. The van der Waals surface area contributed by atoms with E-state index in [-0.39, 0.29) is 6.61 Å².